The van der Waals surface area contributed by atoms with E-state index in [-0.39, 0.29) is 17.2 Å². The number of aromatic nitrogens is 4. The minimum atomic E-state index is -0.390. The van der Waals surface area contributed by atoms with E-state index >= 15 is 0 Å². The highest BCUT2D eigenvalue weighted by molar-refractivity contribution is 9.10. The van der Waals surface area contributed by atoms with Gasteiger partial charge in [0.2, 0.25) is 0 Å². The fraction of sp³-hybridized carbons (Fsp3) is 0.452. The second-order valence-electron chi connectivity index (χ2n) is 12.6. The van der Waals surface area contributed by atoms with Gasteiger partial charge in [0, 0.05) is 45.6 Å². The lowest BCUT2D eigenvalue weighted by Crippen LogP contribution is -2.41. The molecule has 4 heterocycles. The van der Waals surface area contributed by atoms with Crippen LogP contribution in [0.1, 0.15) is 77.8 Å². The van der Waals surface area contributed by atoms with E-state index in [1.54, 1.807) is 6.20 Å². The number of carbonyl (C=O) groups excluding carboxylic acids is 1. The van der Waals surface area contributed by atoms with Crippen LogP contribution in [-0.4, -0.2) is 44.1 Å². The van der Waals surface area contributed by atoms with Crippen LogP contribution in [0, 0.1) is 5.92 Å². The molecule has 11 heteroatoms. The summed E-state index contributed by atoms with van der Waals surface area (Å²) in [6.07, 6.45) is 12.1. The minimum absolute atomic E-state index is 0.295. The standard InChI is InChI=1S/C31H38BBrN6O3/c1-19(39-18-23(16-36-39)32-41-30(2,3)31(4,5)42-32)20-6-8-21(9-7-20)22-10-13-28(35-15-22)38-29(40)37-27-17-34-26-12-11-24(33)14-25(26)27/h10-21,34H,6-9H2,1-5H3,(H2,35,37,38,40). The van der Waals surface area contributed by atoms with Gasteiger partial charge >= 0.3 is 13.1 Å². The molecule has 3 N–H and O–H groups in total. The van der Waals surface area contributed by atoms with Crippen molar-refractivity contribution in [2.24, 2.45) is 5.92 Å². The van der Waals surface area contributed by atoms with E-state index < -0.39 is 7.12 Å². The Morgan fingerprint density at radius 3 is 2.50 bits per heavy atom. The second kappa shape index (κ2) is 11.2. The van der Waals surface area contributed by atoms with E-state index in [0.29, 0.717) is 29.4 Å². The van der Waals surface area contributed by atoms with Crippen molar-refractivity contribution in [2.45, 2.75) is 83.5 Å². The predicted octanol–water partition coefficient (Wildman–Crippen LogP) is 7.00. The monoisotopic (exact) mass is 632 g/mol. The van der Waals surface area contributed by atoms with Gasteiger partial charge in [0.25, 0.3) is 0 Å². The molecule has 0 spiro atoms. The molecule has 0 bridgehead atoms. The van der Waals surface area contributed by atoms with Gasteiger partial charge < -0.3 is 19.6 Å². The highest BCUT2D eigenvalue weighted by Crippen LogP contribution is 2.40. The molecule has 6 rings (SSSR count). The third kappa shape index (κ3) is 5.74. The Hall–Kier alpha value is -3.15. The number of nitrogens with zero attached hydrogens (tertiary/aromatic N) is 3. The summed E-state index contributed by atoms with van der Waals surface area (Å²) in [6, 6.07) is 9.83. The van der Waals surface area contributed by atoms with Crippen LogP contribution in [0.3, 0.4) is 0 Å². The third-order valence-corrected chi connectivity index (χ3v) is 9.90. The van der Waals surface area contributed by atoms with E-state index in [1.165, 1.54) is 5.56 Å². The maximum absolute atomic E-state index is 12.6. The number of rotatable bonds is 6. The quantitative estimate of drug-likeness (QED) is 0.198. The molecule has 42 heavy (non-hydrogen) atoms. The fourth-order valence-electron chi connectivity index (χ4n) is 6.01. The summed E-state index contributed by atoms with van der Waals surface area (Å²) in [5, 5.41) is 11.4. The lowest BCUT2D eigenvalue weighted by atomic mass is 9.76. The lowest BCUT2D eigenvalue weighted by Gasteiger charge is -2.32. The zero-order chi connectivity index (χ0) is 29.6. The van der Waals surface area contributed by atoms with Gasteiger partial charge in [-0.05, 0) is 102 Å². The van der Waals surface area contributed by atoms with E-state index in [4.69, 9.17) is 9.31 Å². The van der Waals surface area contributed by atoms with Crippen LogP contribution in [0.2, 0.25) is 0 Å². The summed E-state index contributed by atoms with van der Waals surface area (Å²) in [6.45, 7) is 10.5. The average Bonchev–Trinajstić information content (AvgIpc) is 3.65. The number of carbonyl (C=O) groups is 1. The number of urea groups is 1. The number of pyridine rings is 1. The van der Waals surface area contributed by atoms with Crippen molar-refractivity contribution >= 4 is 57.0 Å². The number of fused-ring (bicyclic) bond motifs is 1. The average molecular weight is 633 g/mol. The molecule has 4 aromatic rings. The van der Waals surface area contributed by atoms with Crippen molar-refractivity contribution in [3.8, 4) is 0 Å². The van der Waals surface area contributed by atoms with Crippen molar-refractivity contribution in [3.05, 3.63) is 65.2 Å². The van der Waals surface area contributed by atoms with Crippen molar-refractivity contribution in [1.29, 1.82) is 0 Å². The Balaban J connectivity index is 1.01. The van der Waals surface area contributed by atoms with E-state index in [1.807, 2.05) is 36.7 Å². The maximum atomic E-state index is 12.6. The zero-order valence-corrected chi connectivity index (χ0v) is 26.4. The Bertz CT molecular complexity index is 1560. The molecule has 2 amide bonds. The highest BCUT2D eigenvalue weighted by atomic mass is 79.9. The van der Waals surface area contributed by atoms with Crippen LogP contribution in [0.4, 0.5) is 16.3 Å². The van der Waals surface area contributed by atoms with Gasteiger partial charge in [-0.25, -0.2) is 9.78 Å². The van der Waals surface area contributed by atoms with Gasteiger partial charge in [-0.1, -0.05) is 22.0 Å². The van der Waals surface area contributed by atoms with E-state index in [2.05, 4.69) is 93.2 Å². The third-order valence-electron chi connectivity index (χ3n) is 9.41. The molecule has 1 aromatic carbocycles. The summed E-state index contributed by atoms with van der Waals surface area (Å²) in [4.78, 5) is 20.3. The van der Waals surface area contributed by atoms with Crippen LogP contribution in [0.25, 0.3) is 10.9 Å². The number of hydrogen-bond donors (Lipinski definition) is 3. The first-order chi connectivity index (χ1) is 20.0. The summed E-state index contributed by atoms with van der Waals surface area (Å²) in [5.74, 6) is 1.54. The number of halogens is 1. The Kier molecular flexibility index (Phi) is 7.70. The normalized spacial score (nSPS) is 22.3. The molecule has 1 atom stereocenters. The van der Waals surface area contributed by atoms with Crippen LogP contribution in [0.5, 0.6) is 0 Å². The van der Waals surface area contributed by atoms with Crippen LogP contribution in [-0.2, 0) is 9.31 Å². The Labute approximate surface area is 255 Å². The molecular formula is C31H38BBrN6O3. The molecule has 1 saturated heterocycles. The molecule has 1 aliphatic carbocycles. The summed E-state index contributed by atoms with van der Waals surface area (Å²) in [7, 11) is -0.390. The van der Waals surface area contributed by atoms with E-state index in [0.717, 1.165) is 46.5 Å². The zero-order valence-electron chi connectivity index (χ0n) is 24.8. The molecule has 2 fully saturated rings. The molecule has 1 unspecified atom stereocenters. The summed E-state index contributed by atoms with van der Waals surface area (Å²) in [5.41, 5.74) is 3.12. The molecule has 220 valence electrons. The largest absolute Gasteiger partial charge is 0.498 e. The van der Waals surface area contributed by atoms with Gasteiger partial charge in [0.1, 0.15) is 5.82 Å². The summed E-state index contributed by atoms with van der Waals surface area (Å²) < 4.78 is 15.5. The number of H-pyrrole nitrogens is 1. The smallest absolute Gasteiger partial charge is 0.399 e. The molecular weight excluding hydrogens is 595 g/mol. The SMILES string of the molecule is CC(C1CCC(c2ccc(NC(=O)Nc3c[nH]c4ccc(Br)cc34)nc2)CC1)n1cc(B2OC(C)(C)C(C)(C)O2)cn1. The molecule has 9 nitrogen and oxygen atoms in total. The topological polar surface area (TPSA) is 106 Å². The second-order valence-corrected chi connectivity index (χ2v) is 13.6. The predicted molar refractivity (Wildman–Crippen MR) is 170 cm³/mol. The van der Waals surface area contributed by atoms with Gasteiger partial charge in [0.05, 0.1) is 22.9 Å². The first-order valence-corrected chi connectivity index (χ1v) is 15.5. The number of nitrogens with one attached hydrogen (secondary N) is 3. The van der Waals surface area contributed by atoms with Gasteiger partial charge in [-0.15, -0.1) is 0 Å². The van der Waals surface area contributed by atoms with Gasteiger partial charge in [0.15, 0.2) is 0 Å². The van der Waals surface area contributed by atoms with Crippen LogP contribution in [0.15, 0.2) is 59.6 Å². The van der Waals surface area contributed by atoms with Gasteiger partial charge in [-0.3, -0.25) is 10.00 Å². The molecule has 1 aliphatic heterocycles. The van der Waals surface area contributed by atoms with Crippen molar-refractivity contribution in [3.63, 3.8) is 0 Å². The Morgan fingerprint density at radius 1 is 1.07 bits per heavy atom. The number of anilines is 2. The Morgan fingerprint density at radius 2 is 1.81 bits per heavy atom. The van der Waals surface area contributed by atoms with Crippen molar-refractivity contribution in [1.82, 2.24) is 19.7 Å². The number of amides is 2. The first-order valence-electron chi connectivity index (χ1n) is 14.7. The molecule has 0 radical (unpaired) electrons. The van der Waals surface area contributed by atoms with Gasteiger partial charge in [-0.2, -0.15) is 5.10 Å². The minimum Gasteiger partial charge on any atom is -0.399 e. The number of hydrogen-bond acceptors (Lipinski definition) is 5. The van der Waals surface area contributed by atoms with E-state index in [9.17, 15) is 4.79 Å². The lowest BCUT2D eigenvalue weighted by molar-refractivity contribution is 0.00578. The first kappa shape index (κ1) is 29.0. The molecule has 3 aromatic heterocycles. The highest BCUT2D eigenvalue weighted by Gasteiger charge is 2.52. The van der Waals surface area contributed by atoms with Crippen LogP contribution < -0.4 is 16.1 Å². The van der Waals surface area contributed by atoms with Crippen molar-refractivity contribution in [2.75, 3.05) is 10.6 Å². The number of aromatic amines is 1. The summed E-state index contributed by atoms with van der Waals surface area (Å²) >= 11 is 3.49. The van der Waals surface area contributed by atoms with Crippen molar-refractivity contribution < 1.29 is 14.1 Å². The molecule has 1 saturated carbocycles. The van der Waals surface area contributed by atoms with Crippen LogP contribution >= 0.6 is 15.9 Å². The number of benzene rings is 1. The maximum Gasteiger partial charge on any atom is 0.498 e. The molecule has 2 aliphatic rings. The fourth-order valence-corrected chi connectivity index (χ4v) is 6.38.